The number of nitrogens with zero attached hydrogens (tertiary/aromatic N) is 1. The molecule has 5 nitrogen and oxygen atoms in total. The second-order valence-corrected chi connectivity index (χ2v) is 5.70. The first kappa shape index (κ1) is 18.7. The van der Waals surface area contributed by atoms with Gasteiger partial charge in [-0.05, 0) is 12.1 Å². The first-order valence-corrected chi connectivity index (χ1v) is 7.43. The number of hydrogen-bond donors (Lipinski definition) is 2. The average molecular weight is 352 g/mol. The number of carbonyl (C=O) groups excluding carboxylic acids is 2. The number of carbonyl (C=O) groups is 2. The molecule has 2 rings (SSSR count). The molecule has 1 heterocycles. The van der Waals surface area contributed by atoms with Crippen LogP contribution in [0.15, 0.2) is 18.2 Å². The number of likely N-dealkylation sites (N-methyl/N-ethyl adjacent to an activating group) is 1. The molecule has 0 radical (unpaired) electrons. The molecule has 0 saturated carbocycles. The maximum Gasteiger partial charge on any atom is 0.243 e. The predicted molar refractivity (Wildman–Crippen MR) is 84.1 cm³/mol. The van der Waals surface area contributed by atoms with Crippen molar-refractivity contribution in [2.45, 2.75) is 6.04 Å². The molecule has 0 bridgehead atoms. The molecule has 1 aliphatic rings. The van der Waals surface area contributed by atoms with Crippen LogP contribution in [0.4, 0.5) is 14.5 Å². The SMILES string of the molecule is CN(CC(=O)Nc1cc(F)cc(F)c1)C(=O)C1CSCN1.Cl. The second kappa shape index (κ2) is 8.30. The van der Waals surface area contributed by atoms with Crippen molar-refractivity contribution in [3.63, 3.8) is 0 Å². The number of rotatable bonds is 4. The lowest BCUT2D eigenvalue weighted by Crippen LogP contribution is -2.45. The molecule has 1 aromatic rings. The Hall–Kier alpha value is -1.38. The molecule has 2 amide bonds. The Bertz CT molecular complexity index is 536. The third-order valence-corrected chi connectivity index (χ3v) is 3.86. The van der Waals surface area contributed by atoms with E-state index in [2.05, 4.69) is 10.6 Å². The van der Waals surface area contributed by atoms with Crippen LogP contribution in [-0.2, 0) is 9.59 Å². The van der Waals surface area contributed by atoms with Crippen LogP contribution in [0, 0.1) is 11.6 Å². The summed E-state index contributed by atoms with van der Waals surface area (Å²) in [5.41, 5.74) is 0.0212. The molecule has 1 unspecified atom stereocenters. The number of hydrogen-bond acceptors (Lipinski definition) is 4. The number of halogens is 3. The zero-order valence-corrected chi connectivity index (χ0v) is 13.4. The Kier molecular flexibility index (Phi) is 7.05. The van der Waals surface area contributed by atoms with Gasteiger partial charge in [-0.25, -0.2) is 8.78 Å². The van der Waals surface area contributed by atoms with E-state index in [0.29, 0.717) is 11.6 Å². The summed E-state index contributed by atoms with van der Waals surface area (Å²) in [6.45, 7) is -0.181. The van der Waals surface area contributed by atoms with E-state index in [1.165, 1.54) is 11.9 Å². The Balaban J connectivity index is 0.00000242. The van der Waals surface area contributed by atoms with Gasteiger partial charge in [0.25, 0.3) is 0 Å². The van der Waals surface area contributed by atoms with Gasteiger partial charge in [0, 0.05) is 30.4 Å². The van der Waals surface area contributed by atoms with Gasteiger partial charge in [-0.15, -0.1) is 24.2 Å². The minimum atomic E-state index is -0.776. The summed E-state index contributed by atoms with van der Waals surface area (Å²) < 4.78 is 26.0. The lowest BCUT2D eigenvalue weighted by Gasteiger charge is -2.20. The molecule has 9 heteroatoms. The molecular formula is C13H16ClF2N3O2S. The Morgan fingerprint density at radius 2 is 2.00 bits per heavy atom. The monoisotopic (exact) mass is 351 g/mol. The van der Waals surface area contributed by atoms with Gasteiger partial charge in [-0.1, -0.05) is 0 Å². The number of nitrogens with one attached hydrogen (secondary N) is 2. The van der Waals surface area contributed by atoms with Gasteiger partial charge in [-0.2, -0.15) is 0 Å². The number of amides is 2. The van der Waals surface area contributed by atoms with Crippen LogP contribution in [0.2, 0.25) is 0 Å². The maximum absolute atomic E-state index is 13.0. The van der Waals surface area contributed by atoms with E-state index in [4.69, 9.17) is 0 Å². The minimum absolute atomic E-state index is 0. The van der Waals surface area contributed by atoms with Crippen molar-refractivity contribution < 1.29 is 18.4 Å². The quantitative estimate of drug-likeness (QED) is 0.862. The minimum Gasteiger partial charge on any atom is -0.335 e. The standard InChI is InChI=1S/C13H15F2N3O2S.ClH/c1-18(13(20)11-6-21-7-16-11)5-12(19)17-10-3-8(14)2-9(15)4-10;/h2-4,11,16H,5-7H2,1H3,(H,17,19);1H. The van der Waals surface area contributed by atoms with Crippen LogP contribution in [0.25, 0.3) is 0 Å². The summed E-state index contributed by atoms with van der Waals surface area (Å²) in [4.78, 5) is 25.1. The fraction of sp³-hybridized carbons (Fsp3) is 0.385. The van der Waals surface area contributed by atoms with Gasteiger partial charge in [0.15, 0.2) is 0 Å². The van der Waals surface area contributed by atoms with Gasteiger partial charge < -0.3 is 10.2 Å². The fourth-order valence-corrected chi connectivity index (χ4v) is 2.87. The summed E-state index contributed by atoms with van der Waals surface area (Å²) in [7, 11) is 1.51. The van der Waals surface area contributed by atoms with Crippen LogP contribution in [0.3, 0.4) is 0 Å². The van der Waals surface area contributed by atoms with Crippen molar-refractivity contribution in [2.75, 3.05) is 30.5 Å². The molecule has 0 aliphatic carbocycles. The third-order valence-electron chi connectivity index (χ3n) is 2.92. The van der Waals surface area contributed by atoms with Crippen LogP contribution in [-0.4, -0.2) is 48.0 Å². The Morgan fingerprint density at radius 3 is 2.55 bits per heavy atom. The molecule has 122 valence electrons. The van der Waals surface area contributed by atoms with Gasteiger partial charge in [0.1, 0.15) is 11.6 Å². The van der Waals surface area contributed by atoms with Gasteiger partial charge >= 0.3 is 0 Å². The van der Waals surface area contributed by atoms with E-state index in [0.717, 1.165) is 18.2 Å². The molecular weight excluding hydrogens is 336 g/mol. The molecule has 0 aromatic heterocycles. The van der Waals surface area contributed by atoms with E-state index >= 15 is 0 Å². The van der Waals surface area contributed by atoms with Crippen molar-refractivity contribution in [1.29, 1.82) is 0 Å². The molecule has 1 saturated heterocycles. The van der Waals surface area contributed by atoms with Crippen molar-refractivity contribution >= 4 is 41.7 Å². The average Bonchev–Trinajstić information content (AvgIpc) is 2.89. The highest BCUT2D eigenvalue weighted by atomic mass is 35.5. The Morgan fingerprint density at radius 1 is 1.36 bits per heavy atom. The molecule has 2 N–H and O–H groups in total. The van der Waals surface area contributed by atoms with Gasteiger partial charge in [0.05, 0.1) is 12.6 Å². The van der Waals surface area contributed by atoms with E-state index in [1.807, 2.05) is 0 Å². The van der Waals surface area contributed by atoms with E-state index in [1.54, 1.807) is 11.8 Å². The van der Waals surface area contributed by atoms with E-state index < -0.39 is 17.5 Å². The van der Waals surface area contributed by atoms with E-state index in [9.17, 15) is 18.4 Å². The lowest BCUT2D eigenvalue weighted by molar-refractivity contribution is -0.134. The second-order valence-electron chi connectivity index (χ2n) is 4.67. The summed E-state index contributed by atoms with van der Waals surface area (Å²) >= 11 is 1.61. The van der Waals surface area contributed by atoms with Gasteiger partial charge in [0.2, 0.25) is 11.8 Å². The Labute approximate surface area is 137 Å². The first-order chi connectivity index (χ1) is 9.95. The van der Waals surface area contributed by atoms with Crippen LogP contribution in [0.1, 0.15) is 0 Å². The lowest BCUT2D eigenvalue weighted by atomic mass is 10.3. The van der Waals surface area contributed by atoms with Gasteiger partial charge in [-0.3, -0.25) is 14.9 Å². The van der Waals surface area contributed by atoms with Crippen molar-refractivity contribution in [3.05, 3.63) is 29.8 Å². The van der Waals surface area contributed by atoms with Crippen LogP contribution < -0.4 is 10.6 Å². The predicted octanol–water partition coefficient (Wildman–Crippen LogP) is 1.45. The zero-order chi connectivity index (χ0) is 15.4. The summed E-state index contributed by atoms with van der Waals surface area (Å²) in [5, 5.41) is 5.38. The zero-order valence-electron chi connectivity index (χ0n) is 11.8. The highest BCUT2D eigenvalue weighted by Crippen LogP contribution is 2.13. The molecule has 0 spiro atoms. The normalized spacial score (nSPS) is 16.8. The molecule has 1 aromatic carbocycles. The highest BCUT2D eigenvalue weighted by molar-refractivity contribution is 7.99. The number of benzene rings is 1. The highest BCUT2D eigenvalue weighted by Gasteiger charge is 2.26. The maximum atomic E-state index is 13.0. The van der Waals surface area contributed by atoms with Crippen molar-refractivity contribution in [2.24, 2.45) is 0 Å². The molecule has 1 fully saturated rings. The van der Waals surface area contributed by atoms with Crippen LogP contribution in [0.5, 0.6) is 0 Å². The third kappa shape index (κ3) is 5.11. The topological polar surface area (TPSA) is 61.4 Å². The molecule has 1 aliphatic heterocycles. The smallest absolute Gasteiger partial charge is 0.243 e. The largest absolute Gasteiger partial charge is 0.335 e. The molecule has 1 atom stereocenters. The number of thioether (sulfide) groups is 1. The van der Waals surface area contributed by atoms with Crippen LogP contribution >= 0.6 is 24.2 Å². The first-order valence-electron chi connectivity index (χ1n) is 6.28. The number of anilines is 1. The van der Waals surface area contributed by atoms with Crippen molar-refractivity contribution in [3.8, 4) is 0 Å². The van der Waals surface area contributed by atoms with Crippen molar-refractivity contribution in [1.82, 2.24) is 10.2 Å². The molecule has 22 heavy (non-hydrogen) atoms. The summed E-state index contributed by atoms with van der Waals surface area (Å²) in [5.74, 6) is -0.871. The summed E-state index contributed by atoms with van der Waals surface area (Å²) in [6, 6.07) is 2.45. The van der Waals surface area contributed by atoms with E-state index in [-0.39, 0.29) is 36.6 Å². The summed E-state index contributed by atoms with van der Waals surface area (Å²) in [6.07, 6.45) is 0. The fourth-order valence-electron chi connectivity index (χ4n) is 1.94.